The molecule has 0 saturated heterocycles. The molecule has 0 aromatic rings. The maximum atomic E-state index is 12.7. The van der Waals surface area contributed by atoms with Gasteiger partial charge in [-0.3, -0.25) is 9.79 Å². The molecule has 0 aromatic carbocycles. The van der Waals surface area contributed by atoms with Gasteiger partial charge in [0.05, 0.1) is 5.92 Å². The van der Waals surface area contributed by atoms with Crippen LogP contribution in [0.3, 0.4) is 0 Å². The van der Waals surface area contributed by atoms with Crippen LogP contribution in [0.15, 0.2) is 16.8 Å². The lowest BCUT2D eigenvalue weighted by molar-refractivity contribution is -0.182. The third kappa shape index (κ3) is 5.64. The van der Waals surface area contributed by atoms with Crippen molar-refractivity contribution in [2.75, 3.05) is 0 Å². The zero-order valence-electron chi connectivity index (χ0n) is 13.1. The molecule has 1 aliphatic carbocycles. The van der Waals surface area contributed by atoms with E-state index in [9.17, 15) is 18.0 Å². The summed E-state index contributed by atoms with van der Waals surface area (Å²) in [5.41, 5.74) is 1.55. The summed E-state index contributed by atoms with van der Waals surface area (Å²) in [6, 6.07) is 0. The smallest absolute Gasteiger partial charge is 0.295 e. The van der Waals surface area contributed by atoms with Crippen LogP contribution in [0.25, 0.3) is 0 Å². The molecule has 2 nitrogen and oxygen atoms in total. The Kier molecular flexibility index (Phi) is 6.17. The number of alkyl halides is 3. The second-order valence-electron chi connectivity index (χ2n) is 6.18. The monoisotopic (exact) mass is 303 g/mol. The summed E-state index contributed by atoms with van der Waals surface area (Å²) in [6.45, 7) is 7.23. The number of rotatable bonds is 4. The fraction of sp³-hybridized carbons (Fsp3) is 0.750. The molecule has 5 heteroatoms. The second-order valence-corrected chi connectivity index (χ2v) is 6.18. The average molecular weight is 303 g/mol. The molecule has 0 aromatic heterocycles. The highest BCUT2D eigenvalue weighted by molar-refractivity contribution is 5.90. The van der Waals surface area contributed by atoms with Crippen LogP contribution in [0, 0.1) is 17.8 Å². The van der Waals surface area contributed by atoms with Gasteiger partial charge in [-0.15, -0.1) is 0 Å². The summed E-state index contributed by atoms with van der Waals surface area (Å²) >= 11 is 0. The third-order valence-corrected chi connectivity index (χ3v) is 4.03. The number of carbonyl (C=O) groups is 1. The highest BCUT2D eigenvalue weighted by Crippen LogP contribution is 2.40. The first kappa shape index (κ1) is 17.9. The Morgan fingerprint density at radius 1 is 1.14 bits per heavy atom. The number of ketones is 1. The maximum absolute atomic E-state index is 12.7. The lowest BCUT2D eigenvalue weighted by Gasteiger charge is -2.30. The predicted molar refractivity (Wildman–Crippen MR) is 78.2 cm³/mol. The number of carbonyl (C=O) groups excluding carboxylic acids is 1. The lowest BCUT2D eigenvalue weighted by atomic mass is 9.79. The molecule has 0 N–H and O–H groups in total. The molecule has 0 bridgehead atoms. The molecule has 0 amide bonds. The molecule has 1 fully saturated rings. The van der Waals surface area contributed by atoms with Gasteiger partial charge in [-0.25, -0.2) is 0 Å². The van der Waals surface area contributed by atoms with Crippen LogP contribution in [0.5, 0.6) is 0 Å². The normalized spacial score (nSPS) is 25.3. The van der Waals surface area contributed by atoms with Crippen molar-refractivity contribution in [2.24, 2.45) is 22.7 Å². The van der Waals surface area contributed by atoms with Crippen molar-refractivity contribution in [2.45, 2.75) is 59.6 Å². The third-order valence-electron chi connectivity index (χ3n) is 4.03. The summed E-state index contributed by atoms with van der Waals surface area (Å²) < 4.78 is 38.0. The van der Waals surface area contributed by atoms with Crippen molar-refractivity contribution in [3.05, 3.63) is 11.8 Å². The topological polar surface area (TPSA) is 29.4 Å². The first-order valence-electron chi connectivity index (χ1n) is 7.45. The van der Waals surface area contributed by atoms with Gasteiger partial charge in [0, 0.05) is 17.5 Å². The Morgan fingerprint density at radius 3 is 2.05 bits per heavy atom. The van der Waals surface area contributed by atoms with Crippen molar-refractivity contribution < 1.29 is 18.0 Å². The summed E-state index contributed by atoms with van der Waals surface area (Å²) in [5, 5.41) is 0. The van der Waals surface area contributed by atoms with E-state index >= 15 is 0 Å². The molecule has 1 saturated carbocycles. The fourth-order valence-corrected chi connectivity index (χ4v) is 2.67. The highest BCUT2D eigenvalue weighted by Gasteiger charge is 2.41. The largest absolute Gasteiger partial charge is 0.391 e. The van der Waals surface area contributed by atoms with E-state index in [2.05, 4.69) is 4.99 Å². The Bertz CT molecular complexity index is 427. The second kappa shape index (κ2) is 7.23. The van der Waals surface area contributed by atoms with Gasteiger partial charge >= 0.3 is 6.18 Å². The van der Waals surface area contributed by atoms with E-state index in [-0.39, 0.29) is 30.5 Å². The van der Waals surface area contributed by atoms with Gasteiger partial charge in [-0.05, 0) is 51.4 Å². The van der Waals surface area contributed by atoms with Gasteiger partial charge in [0.15, 0.2) is 5.78 Å². The van der Waals surface area contributed by atoms with Gasteiger partial charge in [-0.2, -0.15) is 13.2 Å². The van der Waals surface area contributed by atoms with Crippen LogP contribution < -0.4 is 0 Å². The Balaban J connectivity index is 2.74. The average Bonchev–Trinajstić information content (AvgIpc) is 2.36. The minimum atomic E-state index is -4.08. The SMILES string of the molecule is CC(=O)/C=C(\N=C(C)C1CCC(C(F)(F)F)CC1)C(C)C. The lowest BCUT2D eigenvalue weighted by Crippen LogP contribution is -2.29. The number of hydrogen-bond donors (Lipinski definition) is 0. The number of halogens is 3. The molecule has 0 heterocycles. The minimum absolute atomic E-state index is 0.0592. The molecule has 120 valence electrons. The summed E-state index contributed by atoms with van der Waals surface area (Å²) in [5.74, 6) is -1.01. The van der Waals surface area contributed by atoms with E-state index in [0.717, 1.165) is 5.71 Å². The van der Waals surface area contributed by atoms with Crippen LogP contribution >= 0.6 is 0 Å². The van der Waals surface area contributed by atoms with Gasteiger partial charge in [0.2, 0.25) is 0 Å². The van der Waals surface area contributed by atoms with Crippen molar-refractivity contribution in [3.8, 4) is 0 Å². The minimum Gasteiger partial charge on any atom is -0.295 e. The van der Waals surface area contributed by atoms with Gasteiger partial charge in [0.25, 0.3) is 0 Å². The van der Waals surface area contributed by atoms with Crippen LogP contribution in [0.4, 0.5) is 13.2 Å². The van der Waals surface area contributed by atoms with Gasteiger partial charge < -0.3 is 0 Å². The van der Waals surface area contributed by atoms with Crippen molar-refractivity contribution in [3.63, 3.8) is 0 Å². The highest BCUT2D eigenvalue weighted by atomic mass is 19.4. The van der Waals surface area contributed by atoms with E-state index in [4.69, 9.17) is 0 Å². The summed E-state index contributed by atoms with van der Waals surface area (Å²) in [4.78, 5) is 15.7. The molecule has 0 aliphatic heterocycles. The van der Waals surface area contributed by atoms with Crippen LogP contribution in [-0.2, 0) is 4.79 Å². The molecular weight excluding hydrogens is 279 g/mol. The quantitative estimate of drug-likeness (QED) is 0.534. The molecule has 0 radical (unpaired) electrons. The number of aliphatic imine (C=N–C) groups is 1. The first-order valence-corrected chi connectivity index (χ1v) is 7.45. The van der Waals surface area contributed by atoms with E-state index in [1.165, 1.54) is 13.0 Å². The molecule has 0 atom stereocenters. The van der Waals surface area contributed by atoms with Crippen molar-refractivity contribution >= 4 is 11.5 Å². The van der Waals surface area contributed by atoms with Gasteiger partial charge in [-0.1, -0.05) is 13.8 Å². The van der Waals surface area contributed by atoms with Gasteiger partial charge in [0.1, 0.15) is 0 Å². The summed E-state index contributed by atoms with van der Waals surface area (Å²) in [7, 11) is 0. The molecule has 0 unspecified atom stereocenters. The molecular formula is C16H24F3NO. The van der Waals surface area contributed by atoms with Crippen LogP contribution in [-0.4, -0.2) is 17.7 Å². The standard InChI is InChI=1S/C16H24F3NO/c1-10(2)15(9-11(3)21)20-12(4)13-5-7-14(8-6-13)16(17,18)19/h9-10,13-14H,5-8H2,1-4H3/b15-9-,20-12?. The van der Waals surface area contributed by atoms with E-state index in [1.54, 1.807) is 0 Å². The first-order chi connectivity index (χ1) is 9.61. The molecule has 1 rings (SSSR count). The number of hydrogen-bond acceptors (Lipinski definition) is 2. The molecule has 0 spiro atoms. The Hall–Kier alpha value is -1.13. The maximum Gasteiger partial charge on any atom is 0.391 e. The van der Waals surface area contributed by atoms with Crippen LogP contribution in [0.1, 0.15) is 53.4 Å². The number of allylic oxidation sites excluding steroid dienone is 2. The fourth-order valence-electron chi connectivity index (χ4n) is 2.67. The molecule has 21 heavy (non-hydrogen) atoms. The Morgan fingerprint density at radius 2 is 1.67 bits per heavy atom. The molecule has 1 aliphatic rings. The van der Waals surface area contributed by atoms with E-state index < -0.39 is 12.1 Å². The predicted octanol–water partition coefficient (Wildman–Crippen LogP) is 4.94. The zero-order valence-corrected chi connectivity index (χ0v) is 13.1. The zero-order chi connectivity index (χ0) is 16.2. The van der Waals surface area contributed by atoms with E-state index in [0.29, 0.717) is 18.5 Å². The van der Waals surface area contributed by atoms with Crippen LogP contribution in [0.2, 0.25) is 0 Å². The Labute approximate surface area is 124 Å². The number of nitrogens with zero attached hydrogens (tertiary/aromatic N) is 1. The van der Waals surface area contributed by atoms with E-state index in [1.807, 2.05) is 20.8 Å². The van der Waals surface area contributed by atoms with Crippen molar-refractivity contribution in [1.29, 1.82) is 0 Å². The van der Waals surface area contributed by atoms with Crippen molar-refractivity contribution in [1.82, 2.24) is 0 Å². The summed E-state index contributed by atoms with van der Waals surface area (Å²) in [6.07, 6.45) is -1.18.